The molecule has 0 saturated carbocycles. The molecule has 17 heavy (non-hydrogen) atoms. The summed E-state index contributed by atoms with van der Waals surface area (Å²) >= 11 is 8.64. The highest BCUT2D eigenvalue weighted by Crippen LogP contribution is 2.37. The first-order valence-corrected chi connectivity index (χ1v) is 7.28. The molecule has 0 bridgehead atoms. The molecule has 4 heteroatoms. The van der Waals surface area contributed by atoms with E-state index in [-0.39, 0.29) is 0 Å². The lowest BCUT2D eigenvalue weighted by Crippen LogP contribution is -1.82. The predicted molar refractivity (Wildman–Crippen MR) is 77.8 cm³/mol. The first-order valence-electron chi connectivity index (χ1n) is 4.88. The number of benzene rings is 2. The monoisotopic (exact) mass is 370 g/mol. The summed E-state index contributed by atoms with van der Waals surface area (Å²) in [5.41, 5.74) is 0.674. The summed E-state index contributed by atoms with van der Waals surface area (Å²) in [6.07, 6.45) is 0.845. The van der Waals surface area contributed by atoms with Gasteiger partial charge in [-0.3, -0.25) is 4.79 Å². The molecule has 0 fully saturated rings. The first kappa shape index (κ1) is 12.9. The van der Waals surface area contributed by atoms with Crippen LogP contribution < -0.4 is 0 Å². The van der Waals surface area contributed by atoms with Crippen molar-refractivity contribution >= 4 is 49.9 Å². The highest BCUT2D eigenvalue weighted by Gasteiger charge is 2.05. The zero-order chi connectivity index (χ0) is 12.3. The smallest absolute Gasteiger partial charge is 0.150 e. The molecule has 0 unspecified atom stereocenters. The molecule has 2 rings (SSSR count). The van der Waals surface area contributed by atoms with Crippen LogP contribution in [-0.4, -0.2) is 6.29 Å². The van der Waals surface area contributed by atoms with Crippen molar-refractivity contribution in [3.8, 4) is 0 Å². The number of halogens is 2. The van der Waals surface area contributed by atoms with Crippen molar-refractivity contribution in [3.63, 3.8) is 0 Å². The van der Waals surface area contributed by atoms with Crippen LogP contribution in [0.2, 0.25) is 0 Å². The maximum absolute atomic E-state index is 10.6. The van der Waals surface area contributed by atoms with E-state index in [9.17, 15) is 4.79 Å². The minimum atomic E-state index is 0.674. The Labute approximate surface area is 121 Å². The molecular formula is C13H8Br2OS. The largest absolute Gasteiger partial charge is 0.298 e. The maximum atomic E-state index is 10.6. The van der Waals surface area contributed by atoms with Gasteiger partial charge in [0.1, 0.15) is 6.29 Å². The van der Waals surface area contributed by atoms with Gasteiger partial charge in [-0.2, -0.15) is 0 Å². The maximum Gasteiger partial charge on any atom is 0.150 e. The Balaban J connectivity index is 2.31. The van der Waals surface area contributed by atoms with Crippen LogP contribution in [0.25, 0.3) is 0 Å². The normalized spacial score (nSPS) is 10.2. The van der Waals surface area contributed by atoms with Crippen LogP contribution in [-0.2, 0) is 0 Å². The predicted octanol–water partition coefficient (Wildman–Crippen LogP) is 5.18. The molecule has 0 radical (unpaired) electrons. The van der Waals surface area contributed by atoms with Crippen LogP contribution >= 0.6 is 43.6 Å². The van der Waals surface area contributed by atoms with E-state index in [1.54, 1.807) is 11.8 Å². The number of rotatable bonds is 3. The van der Waals surface area contributed by atoms with Gasteiger partial charge < -0.3 is 0 Å². The van der Waals surface area contributed by atoms with Crippen LogP contribution in [0.5, 0.6) is 0 Å². The van der Waals surface area contributed by atoms with E-state index < -0.39 is 0 Å². The molecule has 1 nitrogen and oxygen atoms in total. The number of hydrogen-bond acceptors (Lipinski definition) is 2. The second kappa shape index (κ2) is 5.85. The fraction of sp³-hybridized carbons (Fsp3) is 0. The Morgan fingerprint density at radius 3 is 2.29 bits per heavy atom. The third kappa shape index (κ3) is 3.21. The highest BCUT2D eigenvalue weighted by atomic mass is 79.9. The second-order valence-corrected chi connectivity index (χ2v) is 6.13. The summed E-state index contributed by atoms with van der Waals surface area (Å²) in [7, 11) is 0. The molecular weight excluding hydrogens is 364 g/mol. The molecule has 0 atom stereocenters. The van der Waals surface area contributed by atoms with E-state index in [1.807, 2.05) is 36.4 Å². The minimum absolute atomic E-state index is 0.674. The molecule has 0 amide bonds. The van der Waals surface area contributed by atoms with Gasteiger partial charge in [0.2, 0.25) is 0 Å². The van der Waals surface area contributed by atoms with Crippen molar-refractivity contribution in [3.05, 3.63) is 57.0 Å². The van der Waals surface area contributed by atoms with E-state index in [2.05, 4.69) is 37.9 Å². The standard InChI is InChI=1S/C13H8Br2OS/c14-10-3-1-2-4-12(10)17-13-6-5-9(8-16)7-11(13)15/h1-8H. The number of carbonyl (C=O) groups is 1. The molecule has 2 aromatic rings. The lowest BCUT2D eigenvalue weighted by molar-refractivity contribution is 0.112. The molecule has 0 N–H and O–H groups in total. The Hall–Kier alpha value is -0.580. The van der Waals surface area contributed by atoms with Gasteiger partial charge in [-0.05, 0) is 56.1 Å². The number of aldehydes is 1. The van der Waals surface area contributed by atoms with E-state index in [4.69, 9.17) is 0 Å². The summed E-state index contributed by atoms with van der Waals surface area (Å²) in [5.74, 6) is 0. The first-order chi connectivity index (χ1) is 8.20. The topological polar surface area (TPSA) is 17.1 Å². The lowest BCUT2D eigenvalue weighted by atomic mass is 10.2. The van der Waals surface area contributed by atoms with Crippen LogP contribution in [0.15, 0.2) is 61.2 Å². The quantitative estimate of drug-likeness (QED) is 0.692. The van der Waals surface area contributed by atoms with Gasteiger partial charge in [0, 0.05) is 24.3 Å². The molecule has 0 aliphatic carbocycles. The van der Waals surface area contributed by atoms with Gasteiger partial charge in [0.05, 0.1) is 0 Å². The minimum Gasteiger partial charge on any atom is -0.298 e. The van der Waals surface area contributed by atoms with Gasteiger partial charge in [0.25, 0.3) is 0 Å². The summed E-state index contributed by atoms with van der Waals surface area (Å²) in [5, 5.41) is 0. The molecule has 0 aromatic heterocycles. The third-order valence-electron chi connectivity index (χ3n) is 2.15. The number of carbonyl (C=O) groups excluding carboxylic acids is 1. The van der Waals surface area contributed by atoms with Crippen LogP contribution in [0.4, 0.5) is 0 Å². The van der Waals surface area contributed by atoms with Crippen molar-refractivity contribution in [2.24, 2.45) is 0 Å². The Bertz CT molecular complexity index is 555. The van der Waals surface area contributed by atoms with Crippen LogP contribution in [0.3, 0.4) is 0 Å². The SMILES string of the molecule is O=Cc1ccc(Sc2ccccc2Br)c(Br)c1. The Morgan fingerprint density at radius 2 is 1.65 bits per heavy atom. The van der Waals surface area contributed by atoms with Crippen LogP contribution in [0, 0.1) is 0 Å². The van der Waals surface area contributed by atoms with Crippen molar-refractivity contribution in [2.75, 3.05) is 0 Å². The van der Waals surface area contributed by atoms with Gasteiger partial charge in [-0.15, -0.1) is 0 Å². The second-order valence-electron chi connectivity index (χ2n) is 3.34. The summed E-state index contributed by atoms with van der Waals surface area (Å²) in [6.45, 7) is 0. The zero-order valence-electron chi connectivity index (χ0n) is 8.69. The van der Waals surface area contributed by atoms with Crippen molar-refractivity contribution in [1.29, 1.82) is 0 Å². The molecule has 0 spiro atoms. The van der Waals surface area contributed by atoms with Crippen LogP contribution in [0.1, 0.15) is 10.4 Å². The average molecular weight is 372 g/mol. The Kier molecular flexibility index (Phi) is 4.42. The average Bonchev–Trinajstić information content (AvgIpc) is 2.34. The summed E-state index contributed by atoms with van der Waals surface area (Å²) < 4.78 is 2.00. The van der Waals surface area contributed by atoms with Crippen molar-refractivity contribution < 1.29 is 4.79 Å². The molecule has 2 aromatic carbocycles. The van der Waals surface area contributed by atoms with E-state index in [1.165, 1.54) is 0 Å². The zero-order valence-corrected chi connectivity index (χ0v) is 12.7. The van der Waals surface area contributed by atoms with E-state index >= 15 is 0 Å². The van der Waals surface area contributed by atoms with E-state index in [0.29, 0.717) is 5.56 Å². The Morgan fingerprint density at radius 1 is 0.941 bits per heavy atom. The summed E-state index contributed by atoms with van der Waals surface area (Å²) in [4.78, 5) is 12.9. The van der Waals surface area contributed by atoms with Gasteiger partial charge in [-0.25, -0.2) is 0 Å². The molecule has 0 aliphatic heterocycles. The number of hydrogen-bond donors (Lipinski definition) is 0. The molecule has 0 saturated heterocycles. The molecule has 0 aliphatic rings. The fourth-order valence-electron chi connectivity index (χ4n) is 1.32. The summed E-state index contributed by atoms with van der Waals surface area (Å²) in [6, 6.07) is 13.6. The van der Waals surface area contributed by atoms with E-state index in [0.717, 1.165) is 25.0 Å². The lowest BCUT2D eigenvalue weighted by Gasteiger charge is -2.06. The van der Waals surface area contributed by atoms with Gasteiger partial charge in [0.15, 0.2) is 0 Å². The molecule has 86 valence electrons. The third-order valence-corrected chi connectivity index (χ3v) is 5.17. The van der Waals surface area contributed by atoms with Crippen molar-refractivity contribution in [1.82, 2.24) is 0 Å². The van der Waals surface area contributed by atoms with Crippen molar-refractivity contribution in [2.45, 2.75) is 9.79 Å². The van der Waals surface area contributed by atoms with Gasteiger partial charge >= 0.3 is 0 Å². The highest BCUT2D eigenvalue weighted by molar-refractivity contribution is 9.11. The fourth-order valence-corrected chi connectivity index (χ4v) is 3.33. The molecule has 0 heterocycles. The van der Waals surface area contributed by atoms with Gasteiger partial charge in [-0.1, -0.05) is 30.0 Å².